The van der Waals surface area contributed by atoms with Gasteiger partial charge in [-0.05, 0) is 43.2 Å². The lowest BCUT2D eigenvalue weighted by Gasteiger charge is -2.14. The third-order valence-corrected chi connectivity index (χ3v) is 4.00. The lowest BCUT2D eigenvalue weighted by molar-refractivity contribution is -0.125. The number of Topliss-reactive ketones (excluding diaryl/α,β-unsaturated/α-hetero) is 1. The summed E-state index contributed by atoms with van der Waals surface area (Å²) in [5, 5.41) is 0.503. The molecule has 120 valence electrons. The molecule has 3 rings (SSSR count). The average molecular weight is 333 g/mol. The maximum absolute atomic E-state index is 12.2. The smallest absolute Gasteiger partial charge is 0.231 e. The number of halogens is 1. The van der Waals surface area contributed by atoms with E-state index in [2.05, 4.69) is 0 Å². The number of carbonyl (C=O) groups is 1. The molecule has 0 saturated heterocycles. The van der Waals surface area contributed by atoms with Crippen LogP contribution in [-0.2, 0) is 11.2 Å². The monoisotopic (exact) mass is 332 g/mol. The van der Waals surface area contributed by atoms with E-state index in [1.807, 2.05) is 30.3 Å². The van der Waals surface area contributed by atoms with E-state index in [1.165, 1.54) is 0 Å². The number of hydrogen-bond donors (Lipinski definition) is 0. The van der Waals surface area contributed by atoms with Crippen LogP contribution < -0.4 is 14.2 Å². The Balaban J connectivity index is 1.55. The van der Waals surface area contributed by atoms with Gasteiger partial charge in [-0.3, -0.25) is 4.79 Å². The summed E-state index contributed by atoms with van der Waals surface area (Å²) in [6, 6.07) is 12.9. The normalized spacial score (nSPS) is 13.7. The minimum Gasteiger partial charge on any atom is -0.481 e. The van der Waals surface area contributed by atoms with Gasteiger partial charge in [0.1, 0.15) is 5.75 Å². The summed E-state index contributed by atoms with van der Waals surface area (Å²) in [7, 11) is 0. The number of hydrogen-bond acceptors (Lipinski definition) is 4. The minimum atomic E-state index is -0.538. The van der Waals surface area contributed by atoms with E-state index in [0.29, 0.717) is 23.6 Å². The van der Waals surface area contributed by atoms with Gasteiger partial charge in [-0.2, -0.15) is 0 Å². The Morgan fingerprint density at radius 1 is 1.22 bits per heavy atom. The molecule has 5 heteroatoms. The van der Waals surface area contributed by atoms with E-state index in [4.69, 9.17) is 25.8 Å². The summed E-state index contributed by atoms with van der Waals surface area (Å²) >= 11 is 6.04. The molecule has 0 saturated carbocycles. The predicted octanol–water partition coefficient (Wildman–Crippen LogP) is 4.04. The first-order valence-corrected chi connectivity index (χ1v) is 7.84. The van der Waals surface area contributed by atoms with Crippen molar-refractivity contribution in [1.82, 2.24) is 0 Å². The number of fused-ring (bicyclic) bond motifs is 1. The average Bonchev–Trinajstić information content (AvgIpc) is 3.02. The fraction of sp³-hybridized carbons (Fsp3) is 0.278. The highest BCUT2D eigenvalue weighted by Crippen LogP contribution is 2.32. The van der Waals surface area contributed by atoms with Crippen molar-refractivity contribution in [3.05, 3.63) is 53.1 Å². The van der Waals surface area contributed by atoms with Crippen LogP contribution in [0.4, 0.5) is 0 Å². The Kier molecular flexibility index (Phi) is 4.72. The van der Waals surface area contributed by atoms with E-state index in [1.54, 1.807) is 19.1 Å². The Labute approximate surface area is 139 Å². The zero-order valence-corrected chi connectivity index (χ0v) is 13.5. The number of ether oxygens (including phenoxy) is 3. The Bertz CT molecular complexity index is 714. The van der Waals surface area contributed by atoms with Gasteiger partial charge in [0.15, 0.2) is 23.4 Å². The fourth-order valence-electron chi connectivity index (χ4n) is 2.36. The first-order chi connectivity index (χ1) is 11.1. The number of aryl methyl sites for hydroxylation is 1. The lowest BCUT2D eigenvalue weighted by atomic mass is 10.0. The molecule has 2 aromatic carbocycles. The molecule has 2 aromatic rings. The number of ketones is 1. The molecule has 0 aromatic heterocycles. The van der Waals surface area contributed by atoms with Crippen LogP contribution in [0, 0.1) is 0 Å². The summed E-state index contributed by atoms with van der Waals surface area (Å²) < 4.78 is 16.3. The summed E-state index contributed by atoms with van der Waals surface area (Å²) in [5.74, 6) is 2.03. The van der Waals surface area contributed by atoms with Crippen LogP contribution in [0.1, 0.15) is 18.9 Å². The molecular weight excluding hydrogens is 316 g/mol. The standard InChI is InChI=1S/C18H17ClO4/c1-12(23-16-5-3-2-4-14(16)19)15(20)8-6-13-7-9-17-18(10-13)22-11-21-17/h2-5,7,9-10,12H,6,8,11H2,1H3. The van der Waals surface area contributed by atoms with Crippen LogP contribution in [0.3, 0.4) is 0 Å². The zero-order valence-electron chi connectivity index (χ0n) is 12.8. The van der Waals surface area contributed by atoms with E-state index in [0.717, 1.165) is 17.1 Å². The first-order valence-electron chi connectivity index (χ1n) is 7.46. The Morgan fingerprint density at radius 2 is 2.00 bits per heavy atom. The highest BCUT2D eigenvalue weighted by molar-refractivity contribution is 6.32. The number of carbonyl (C=O) groups excluding carboxylic acids is 1. The van der Waals surface area contributed by atoms with Crippen molar-refractivity contribution >= 4 is 17.4 Å². The maximum Gasteiger partial charge on any atom is 0.231 e. The molecule has 1 atom stereocenters. The van der Waals surface area contributed by atoms with Gasteiger partial charge in [0.2, 0.25) is 6.79 Å². The van der Waals surface area contributed by atoms with Crippen LogP contribution in [0.5, 0.6) is 17.2 Å². The third-order valence-electron chi connectivity index (χ3n) is 3.69. The van der Waals surface area contributed by atoms with Crippen LogP contribution in [0.2, 0.25) is 5.02 Å². The number of benzene rings is 2. The third kappa shape index (κ3) is 3.77. The van der Waals surface area contributed by atoms with Crippen molar-refractivity contribution in [2.45, 2.75) is 25.9 Å². The molecule has 1 unspecified atom stereocenters. The van der Waals surface area contributed by atoms with Gasteiger partial charge in [-0.15, -0.1) is 0 Å². The van der Waals surface area contributed by atoms with Crippen molar-refractivity contribution in [3.8, 4) is 17.2 Å². The molecule has 0 N–H and O–H groups in total. The van der Waals surface area contributed by atoms with Gasteiger partial charge in [-0.25, -0.2) is 0 Å². The van der Waals surface area contributed by atoms with Gasteiger partial charge in [0, 0.05) is 6.42 Å². The van der Waals surface area contributed by atoms with Crippen molar-refractivity contribution in [2.75, 3.05) is 6.79 Å². The largest absolute Gasteiger partial charge is 0.481 e. The molecule has 0 spiro atoms. The number of rotatable bonds is 6. The molecule has 0 aliphatic carbocycles. The molecule has 0 amide bonds. The van der Waals surface area contributed by atoms with Crippen molar-refractivity contribution < 1.29 is 19.0 Å². The highest BCUT2D eigenvalue weighted by Gasteiger charge is 2.17. The van der Waals surface area contributed by atoms with Gasteiger partial charge in [0.25, 0.3) is 0 Å². The predicted molar refractivity (Wildman–Crippen MR) is 87.4 cm³/mol. The van der Waals surface area contributed by atoms with E-state index in [-0.39, 0.29) is 12.6 Å². The summed E-state index contributed by atoms with van der Waals surface area (Å²) in [6.45, 7) is 1.99. The van der Waals surface area contributed by atoms with Crippen LogP contribution in [0.25, 0.3) is 0 Å². The highest BCUT2D eigenvalue weighted by atomic mass is 35.5. The van der Waals surface area contributed by atoms with Gasteiger partial charge in [0.05, 0.1) is 5.02 Å². The second kappa shape index (κ2) is 6.92. The second-order valence-corrected chi connectivity index (χ2v) is 5.75. The van der Waals surface area contributed by atoms with Crippen molar-refractivity contribution in [3.63, 3.8) is 0 Å². The van der Waals surface area contributed by atoms with Gasteiger partial charge in [-0.1, -0.05) is 29.8 Å². The van der Waals surface area contributed by atoms with Crippen LogP contribution in [-0.4, -0.2) is 18.7 Å². The molecule has 0 bridgehead atoms. The van der Waals surface area contributed by atoms with Crippen LogP contribution in [0.15, 0.2) is 42.5 Å². The molecule has 23 heavy (non-hydrogen) atoms. The van der Waals surface area contributed by atoms with E-state index >= 15 is 0 Å². The van der Waals surface area contributed by atoms with E-state index in [9.17, 15) is 4.79 Å². The molecule has 0 fully saturated rings. The Morgan fingerprint density at radius 3 is 2.83 bits per heavy atom. The van der Waals surface area contributed by atoms with Gasteiger partial charge < -0.3 is 14.2 Å². The molecule has 4 nitrogen and oxygen atoms in total. The maximum atomic E-state index is 12.2. The fourth-order valence-corrected chi connectivity index (χ4v) is 2.54. The first kappa shape index (κ1) is 15.7. The molecular formula is C18H17ClO4. The van der Waals surface area contributed by atoms with Gasteiger partial charge >= 0.3 is 0 Å². The van der Waals surface area contributed by atoms with E-state index < -0.39 is 6.10 Å². The Hall–Kier alpha value is -2.20. The SMILES string of the molecule is CC(Oc1ccccc1Cl)C(=O)CCc1ccc2c(c1)OCO2. The second-order valence-electron chi connectivity index (χ2n) is 5.34. The lowest BCUT2D eigenvalue weighted by Crippen LogP contribution is -2.24. The van der Waals surface area contributed by atoms with Crippen molar-refractivity contribution in [2.24, 2.45) is 0 Å². The summed E-state index contributed by atoms with van der Waals surface area (Å²) in [6.07, 6.45) is 0.487. The number of para-hydroxylation sites is 1. The summed E-state index contributed by atoms with van der Waals surface area (Å²) in [5.41, 5.74) is 1.03. The summed E-state index contributed by atoms with van der Waals surface area (Å²) in [4.78, 5) is 12.2. The zero-order chi connectivity index (χ0) is 16.2. The molecule has 1 heterocycles. The molecule has 1 aliphatic heterocycles. The molecule has 1 aliphatic rings. The molecule has 0 radical (unpaired) electrons. The minimum absolute atomic E-state index is 0.0302. The topological polar surface area (TPSA) is 44.8 Å². The van der Waals surface area contributed by atoms with Crippen LogP contribution >= 0.6 is 11.6 Å². The quantitative estimate of drug-likeness (QED) is 0.801. The van der Waals surface area contributed by atoms with Crippen molar-refractivity contribution in [1.29, 1.82) is 0 Å².